The highest BCUT2D eigenvalue weighted by Crippen LogP contribution is 2.36. The van der Waals surface area contributed by atoms with Crippen molar-refractivity contribution in [3.8, 4) is 45.1 Å². The second kappa shape index (κ2) is 10.1. The lowest BCUT2D eigenvalue weighted by Gasteiger charge is -2.15. The van der Waals surface area contributed by atoms with Crippen LogP contribution in [0.25, 0.3) is 55.4 Å². The number of aromatic amines is 2. The van der Waals surface area contributed by atoms with Crippen LogP contribution < -0.4 is 4.74 Å². The number of aromatic nitrogens is 4. The number of pyridine rings is 1. The van der Waals surface area contributed by atoms with E-state index in [1.165, 1.54) is 25.1 Å². The summed E-state index contributed by atoms with van der Waals surface area (Å²) < 4.78 is 20.7. The van der Waals surface area contributed by atoms with Crippen molar-refractivity contribution >= 4 is 21.8 Å². The lowest BCUT2D eigenvalue weighted by Crippen LogP contribution is -2.25. The molecule has 0 saturated carbocycles. The van der Waals surface area contributed by atoms with E-state index in [-0.39, 0.29) is 11.6 Å². The number of benzene rings is 3. The molecule has 40 heavy (non-hydrogen) atoms. The smallest absolute Gasteiger partial charge is 0.134 e. The fourth-order valence-corrected chi connectivity index (χ4v) is 5.62. The van der Waals surface area contributed by atoms with E-state index in [4.69, 9.17) is 4.74 Å². The van der Waals surface area contributed by atoms with E-state index >= 15 is 0 Å². The van der Waals surface area contributed by atoms with Crippen LogP contribution in [0.5, 0.6) is 11.5 Å². The number of aromatic hydroxyl groups is 1. The molecule has 0 unspecified atom stereocenters. The SMILES string of the molecule is Oc1cncc(-c2ccc3[nH]nc(-c4cc5c(-c6cc(F)cc(OCCN7CCCC7)c6)cccc5[nH]4)c3c2)c1. The zero-order valence-corrected chi connectivity index (χ0v) is 21.8. The Balaban J connectivity index is 1.23. The largest absolute Gasteiger partial charge is 0.506 e. The second-order valence-corrected chi connectivity index (χ2v) is 10.3. The van der Waals surface area contributed by atoms with Gasteiger partial charge in [-0.2, -0.15) is 5.10 Å². The zero-order valence-electron chi connectivity index (χ0n) is 21.8. The van der Waals surface area contributed by atoms with Crippen LogP contribution in [0.15, 0.2) is 79.1 Å². The highest BCUT2D eigenvalue weighted by Gasteiger charge is 2.16. The third-order valence-corrected chi connectivity index (χ3v) is 7.60. The molecule has 1 fully saturated rings. The number of hydrogen-bond donors (Lipinski definition) is 3. The predicted octanol–water partition coefficient (Wildman–Crippen LogP) is 6.76. The molecule has 6 aromatic rings. The van der Waals surface area contributed by atoms with E-state index in [0.717, 1.165) is 75.1 Å². The molecule has 8 heteroatoms. The fourth-order valence-electron chi connectivity index (χ4n) is 5.62. The van der Waals surface area contributed by atoms with Crippen LogP contribution in [0.3, 0.4) is 0 Å². The van der Waals surface area contributed by atoms with Crippen LogP contribution in [-0.4, -0.2) is 56.4 Å². The van der Waals surface area contributed by atoms with Crippen molar-refractivity contribution in [2.75, 3.05) is 26.2 Å². The van der Waals surface area contributed by atoms with Gasteiger partial charge in [0.2, 0.25) is 0 Å². The number of likely N-dealkylation sites (tertiary alicyclic amines) is 1. The van der Waals surface area contributed by atoms with Gasteiger partial charge in [0.15, 0.2) is 0 Å². The molecule has 0 spiro atoms. The molecule has 7 nitrogen and oxygen atoms in total. The van der Waals surface area contributed by atoms with Crippen LogP contribution in [0.4, 0.5) is 4.39 Å². The Morgan fingerprint density at radius 3 is 2.65 bits per heavy atom. The molecule has 1 aliphatic rings. The van der Waals surface area contributed by atoms with Gasteiger partial charge in [-0.15, -0.1) is 0 Å². The third kappa shape index (κ3) is 4.67. The summed E-state index contributed by atoms with van der Waals surface area (Å²) in [4.78, 5) is 9.98. The molecule has 4 heterocycles. The highest BCUT2D eigenvalue weighted by atomic mass is 19.1. The van der Waals surface area contributed by atoms with E-state index in [2.05, 4.69) is 31.1 Å². The maximum Gasteiger partial charge on any atom is 0.134 e. The van der Waals surface area contributed by atoms with Crippen molar-refractivity contribution in [3.63, 3.8) is 0 Å². The van der Waals surface area contributed by atoms with E-state index < -0.39 is 0 Å². The van der Waals surface area contributed by atoms with Gasteiger partial charge < -0.3 is 14.8 Å². The molecule has 1 aliphatic heterocycles. The number of H-pyrrole nitrogens is 2. The molecule has 0 radical (unpaired) electrons. The van der Waals surface area contributed by atoms with Gasteiger partial charge in [-0.25, -0.2) is 4.39 Å². The van der Waals surface area contributed by atoms with Crippen LogP contribution >= 0.6 is 0 Å². The van der Waals surface area contributed by atoms with Gasteiger partial charge in [0.25, 0.3) is 0 Å². The number of fused-ring (bicyclic) bond motifs is 2. The molecule has 3 aromatic carbocycles. The second-order valence-electron chi connectivity index (χ2n) is 10.3. The topological polar surface area (TPSA) is 90.1 Å². The minimum Gasteiger partial charge on any atom is -0.506 e. The van der Waals surface area contributed by atoms with Gasteiger partial charge in [0.05, 0.1) is 17.4 Å². The Morgan fingerprint density at radius 1 is 0.875 bits per heavy atom. The molecule has 1 saturated heterocycles. The van der Waals surface area contributed by atoms with Crippen LogP contribution in [-0.2, 0) is 0 Å². The quantitative estimate of drug-likeness (QED) is 0.211. The molecule has 7 rings (SSSR count). The first-order valence-electron chi connectivity index (χ1n) is 13.5. The number of ether oxygens (including phenoxy) is 1. The van der Waals surface area contributed by atoms with Gasteiger partial charge in [-0.05, 0) is 85.1 Å². The van der Waals surface area contributed by atoms with Gasteiger partial charge in [-0.1, -0.05) is 18.2 Å². The summed E-state index contributed by atoms with van der Waals surface area (Å²) in [5, 5.41) is 19.5. The highest BCUT2D eigenvalue weighted by molar-refractivity contribution is 6.02. The van der Waals surface area contributed by atoms with Crippen LogP contribution in [0, 0.1) is 5.82 Å². The first kappa shape index (κ1) is 24.4. The molecule has 0 aliphatic carbocycles. The summed E-state index contributed by atoms with van der Waals surface area (Å²) in [5.41, 5.74) is 6.86. The van der Waals surface area contributed by atoms with Gasteiger partial charge in [-0.3, -0.25) is 15.0 Å². The third-order valence-electron chi connectivity index (χ3n) is 7.60. The Kier molecular flexibility index (Phi) is 6.17. The van der Waals surface area contributed by atoms with E-state index in [0.29, 0.717) is 12.4 Å². The average molecular weight is 534 g/mol. The summed E-state index contributed by atoms with van der Waals surface area (Å²) in [7, 11) is 0. The predicted molar refractivity (Wildman–Crippen MR) is 155 cm³/mol. The van der Waals surface area contributed by atoms with E-state index in [1.54, 1.807) is 18.3 Å². The normalized spacial score (nSPS) is 13.9. The standard InChI is InChI=1S/C32H28FN5O2/c33-23-12-21(14-25(16-23)40-11-10-38-8-1-2-9-38)26-4-3-5-29-27(26)17-31(35-29)32-28-15-20(6-7-30(28)36-37-32)22-13-24(39)19-34-18-22/h3-7,12-19,35,39H,1-2,8-11H2,(H,36,37). The van der Waals surface area contributed by atoms with Crippen molar-refractivity contribution in [1.29, 1.82) is 0 Å². The number of nitrogens with one attached hydrogen (secondary N) is 2. The van der Waals surface area contributed by atoms with Crippen LogP contribution in [0.2, 0.25) is 0 Å². The first-order valence-corrected chi connectivity index (χ1v) is 13.5. The molecule has 200 valence electrons. The number of rotatable bonds is 7. The van der Waals surface area contributed by atoms with Crippen molar-refractivity contribution in [1.82, 2.24) is 25.1 Å². The number of nitrogens with zero attached hydrogens (tertiary/aromatic N) is 3. The summed E-state index contributed by atoms with van der Waals surface area (Å²) >= 11 is 0. The Bertz CT molecular complexity index is 1840. The van der Waals surface area contributed by atoms with Crippen molar-refractivity contribution in [3.05, 3.63) is 84.9 Å². The molecule has 0 bridgehead atoms. The van der Waals surface area contributed by atoms with Gasteiger partial charge in [0.1, 0.15) is 29.6 Å². The first-order chi connectivity index (χ1) is 19.6. The number of halogens is 1. The van der Waals surface area contributed by atoms with Gasteiger partial charge in [0, 0.05) is 40.7 Å². The summed E-state index contributed by atoms with van der Waals surface area (Å²) in [6.45, 7) is 3.60. The van der Waals surface area contributed by atoms with Crippen LogP contribution in [0.1, 0.15) is 12.8 Å². The Hall–Kier alpha value is -4.69. The summed E-state index contributed by atoms with van der Waals surface area (Å²) in [5.74, 6) is 0.327. The molecular weight excluding hydrogens is 505 g/mol. The molecule has 3 N–H and O–H groups in total. The molecule has 0 atom stereocenters. The van der Waals surface area contributed by atoms with E-state index in [9.17, 15) is 9.50 Å². The lowest BCUT2D eigenvalue weighted by molar-refractivity contribution is 0.237. The lowest BCUT2D eigenvalue weighted by atomic mass is 10.0. The average Bonchev–Trinajstić information content (AvgIpc) is 3.72. The maximum absolute atomic E-state index is 14.7. The molecule has 0 amide bonds. The van der Waals surface area contributed by atoms with Crippen molar-refractivity contribution < 1.29 is 14.2 Å². The fraction of sp³-hybridized carbons (Fsp3) is 0.188. The monoisotopic (exact) mass is 533 g/mol. The molecular formula is C32H28FN5O2. The maximum atomic E-state index is 14.7. The Labute approximate surface area is 230 Å². The Morgan fingerprint density at radius 2 is 1.77 bits per heavy atom. The zero-order chi connectivity index (χ0) is 27.1. The number of hydrogen-bond acceptors (Lipinski definition) is 5. The van der Waals surface area contributed by atoms with Crippen molar-refractivity contribution in [2.24, 2.45) is 0 Å². The minimum absolute atomic E-state index is 0.116. The minimum atomic E-state index is -0.325. The van der Waals surface area contributed by atoms with Gasteiger partial charge >= 0.3 is 0 Å². The summed E-state index contributed by atoms with van der Waals surface area (Å²) in [6, 6.07) is 20.6. The van der Waals surface area contributed by atoms with Crippen molar-refractivity contribution in [2.45, 2.75) is 12.8 Å². The van der Waals surface area contributed by atoms with E-state index in [1.807, 2.05) is 42.5 Å². The molecule has 3 aromatic heterocycles. The summed E-state index contributed by atoms with van der Waals surface area (Å²) in [6.07, 6.45) is 5.60.